The van der Waals surface area contributed by atoms with Crippen LogP contribution in [0.3, 0.4) is 0 Å². The lowest BCUT2D eigenvalue weighted by molar-refractivity contribution is 0.0937. The van der Waals surface area contributed by atoms with Crippen molar-refractivity contribution in [2.45, 2.75) is 26.3 Å². The highest BCUT2D eigenvalue weighted by Crippen LogP contribution is 2.25. The average molecular weight is 330 g/mol. The molecular weight excluding hydrogens is 307 g/mol. The maximum absolute atomic E-state index is 13.9. The number of para-hydroxylation sites is 1. The smallest absolute Gasteiger partial charge is 0.269 e. The van der Waals surface area contributed by atoms with Crippen LogP contribution in [0, 0.1) is 11.7 Å². The fraction of sp³-hybridized carbons (Fsp3) is 0.444. The van der Waals surface area contributed by atoms with Crippen LogP contribution in [0.1, 0.15) is 30.3 Å². The molecule has 1 aliphatic heterocycles. The molecule has 2 aromatic rings. The van der Waals surface area contributed by atoms with Crippen LogP contribution in [-0.4, -0.2) is 35.3 Å². The molecule has 1 N–H and O–H groups in total. The zero-order valence-electron chi connectivity index (χ0n) is 13.9. The van der Waals surface area contributed by atoms with E-state index in [1.807, 2.05) is 11.0 Å². The van der Waals surface area contributed by atoms with Gasteiger partial charge in [-0.2, -0.15) is 5.10 Å². The number of aromatic nitrogens is 2. The van der Waals surface area contributed by atoms with Crippen LogP contribution in [0.2, 0.25) is 0 Å². The minimum absolute atomic E-state index is 0.0923. The summed E-state index contributed by atoms with van der Waals surface area (Å²) in [5.41, 5.74) is 1.24. The fourth-order valence-electron chi connectivity index (χ4n) is 3.17. The van der Waals surface area contributed by atoms with Crippen molar-refractivity contribution >= 4 is 11.6 Å². The Hall–Kier alpha value is -2.37. The van der Waals surface area contributed by atoms with Crippen molar-refractivity contribution < 1.29 is 9.18 Å². The third-order valence-electron chi connectivity index (χ3n) is 4.41. The van der Waals surface area contributed by atoms with Gasteiger partial charge in [-0.1, -0.05) is 19.1 Å². The number of aryl methyl sites for hydroxylation is 1. The van der Waals surface area contributed by atoms with Crippen molar-refractivity contribution in [1.29, 1.82) is 0 Å². The molecule has 128 valence electrons. The van der Waals surface area contributed by atoms with Crippen LogP contribution >= 0.6 is 0 Å². The van der Waals surface area contributed by atoms with Crippen LogP contribution < -0.4 is 10.2 Å². The normalized spacial score (nSPS) is 17.2. The van der Waals surface area contributed by atoms with Crippen LogP contribution in [0.5, 0.6) is 0 Å². The second kappa shape index (κ2) is 7.47. The van der Waals surface area contributed by atoms with Crippen LogP contribution in [0.25, 0.3) is 0 Å². The predicted molar refractivity (Wildman–Crippen MR) is 91.6 cm³/mol. The van der Waals surface area contributed by atoms with Crippen LogP contribution in [-0.2, 0) is 6.54 Å². The fourth-order valence-corrected chi connectivity index (χ4v) is 3.17. The zero-order valence-corrected chi connectivity index (χ0v) is 13.9. The summed E-state index contributed by atoms with van der Waals surface area (Å²) < 4.78 is 15.6. The number of carbonyl (C=O) groups excluding carboxylic acids is 1. The first-order valence-electron chi connectivity index (χ1n) is 8.48. The Balaban J connectivity index is 1.54. The van der Waals surface area contributed by atoms with Crippen molar-refractivity contribution in [2.75, 3.05) is 24.5 Å². The molecule has 0 bridgehead atoms. The van der Waals surface area contributed by atoms with Crippen molar-refractivity contribution in [2.24, 2.45) is 5.92 Å². The number of halogens is 1. The molecule has 1 atom stereocenters. The molecule has 5 nitrogen and oxygen atoms in total. The van der Waals surface area contributed by atoms with Crippen molar-refractivity contribution in [1.82, 2.24) is 15.1 Å². The first kappa shape index (κ1) is 16.5. The van der Waals surface area contributed by atoms with E-state index in [1.54, 1.807) is 29.1 Å². The quantitative estimate of drug-likeness (QED) is 0.886. The number of nitrogens with zero attached hydrogens (tertiary/aromatic N) is 3. The number of rotatable bonds is 6. The van der Waals surface area contributed by atoms with Gasteiger partial charge in [0, 0.05) is 32.4 Å². The molecule has 1 aliphatic rings. The molecule has 0 aliphatic carbocycles. The maximum Gasteiger partial charge on any atom is 0.269 e. The van der Waals surface area contributed by atoms with E-state index in [9.17, 15) is 9.18 Å². The number of hydrogen-bond donors (Lipinski definition) is 1. The molecule has 6 heteroatoms. The third kappa shape index (κ3) is 3.58. The van der Waals surface area contributed by atoms with Gasteiger partial charge in [0.1, 0.15) is 11.5 Å². The molecule has 1 saturated heterocycles. The van der Waals surface area contributed by atoms with Gasteiger partial charge >= 0.3 is 0 Å². The van der Waals surface area contributed by atoms with Crippen molar-refractivity contribution in [3.8, 4) is 0 Å². The van der Waals surface area contributed by atoms with E-state index >= 15 is 0 Å². The zero-order chi connectivity index (χ0) is 16.9. The molecule has 0 radical (unpaired) electrons. The molecular formula is C18H23FN4O. The molecule has 3 rings (SSSR count). The van der Waals surface area contributed by atoms with Gasteiger partial charge in [-0.25, -0.2) is 4.39 Å². The Bertz CT molecular complexity index is 700. The van der Waals surface area contributed by atoms with Gasteiger partial charge < -0.3 is 10.2 Å². The Morgan fingerprint density at radius 3 is 3.00 bits per heavy atom. The predicted octanol–water partition coefficient (Wildman–Crippen LogP) is 2.69. The number of benzene rings is 1. The number of anilines is 1. The molecule has 1 amide bonds. The lowest BCUT2D eigenvalue weighted by atomic mass is 10.1. The van der Waals surface area contributed by atoms with E-state index in [4.69, 9.17) is 0 Å². The highest BCUT2D eigenvalue weighted by molar-refractivity contribution is 5.92. The first-order chi connectivity index (χ1) is 11.7. The monoisotopic (exact) mass is 330 g/mol. The Labute approximate surface area is 141 Å². The van der Waals surface area contributed by atoms with Gasteiger partial charge in [0.25, 0.3) is 5.91 Å². The maximum atomic E-state index is 13.9. The third-order valence-corrected chi connectivity index (χ3v) is 4.41. The number of carbonyl (C=O) groups is 1. The molecule has 24 heavy (non-hydrogen) atoms. The van der Waals surface area contributed by atoms with Crippen LogP contribution in [0.4, 0.5) is 10.1 Å². The Kier molecular flexibility index (Phi) is 5.13. The van der Waals surface area contributed by atoms with Gasteiger partial charge in [-0.05, 0) is 37.0 Å². The van der Waals surface area contributed by atoms with Gasteiger partial charge in [-0.3, -0.25) is 9.48 Å². The summed E-state index contributed by atoms with van der Waals surface area (Å²) in [5, 5.41) is 7.17. The van der Waals surface area contributed by atoms with E-state index in [0.717, 1.165) is 32.5 Å². The summed E-state index contributed by atoms with van der Waals surface area (Å²) in [6.07, 6.45) is 3.53. The van der Waals surface area contributed by atoms with Crippen LogP contribution in [0.15, 0.2) is 36.5 Å². The molecule has 1 aromatic heterocycles. The topological polar surface area (TPSA) is 50.2 Å². The van der Waals surface area contributed by atoms with Gasteiger partial charge in [0.15, 0.2) is 0 Å². The molecule has 1 fully saturated rings. The summed E-state index contributed by atoms with van der Waals surface area (Å²) in [5.74, 6) is 0.0482. The molecule has 0 unspecified atom stereocenters. The lowest BCUT2D eigenvalue weighted by Crippen LogP contribution is -2.32. The summed E-state index contributed by atoms with van der Waals surface area (Å²) in [4.78, 5) is 14.4. The van der Waals surface area contributed by atoms with E-state index in [0.29, 0.717) is 23.8 Å². The highest BCUT2D eigenvalue weighted by Gasteiger charge is 2.25. The average Bonchev–Trinajstić information content (AvgIpc) is 3.23. The standard InChI is InChI=1S/C18H23FN4O/c1-2-10-23-17(7-9-21-23)18(24)20-12-14-8-11-22(13-14)16-6-4-3-5-15(16)19/h3-7,9,14H,2,8,10-13H2,1H3,(H,20,24)/t14-/m1/s1. The number of hydrogen-bond acceptors (Lipinski definition) is 3. The van der Waals surface area contributed by atoms with Gasteiger partial charge in [0.05, 0.1) is 5.69 Å². The van der Waals surface area contributed by atoms with E-state index in [1.165, 1.54) is 6.07 Å². The van der Waals surface area contributed by atoms with Gasteiger partial charge in [0.2, 0.25) is 0 Å². The van der Waals surface area contributed by atoms with Crippen molar-refractivity contribution in [3.05, 3.63) is 48.0 Å². The van der Waals surface area contributed by atoms with Crippen molar-refractivity contribution in [3.63, 3.8) is 0 Å². The second-order valence-electron chi connectivity index (χ2n) is 6.20. The highest BCUT2D eigenvalue weighted by atomic mass is 19.1. The molecule has 2 heterocycles. The minimum Gasteiger partial charge on any atom is -0.369 e. The molecule has 1 aromatic carbocycles. The number of nitrogens with one attached hydrogen (secondary N) is 1. The summed E-state index contributed by atoms with van der Waals surface area (Å²) >= 11 is 0. The van der Waals surface area contributed by atoms with E-state index in [-0.39, 0.29) is 11.7 Å². The SMILES string of the molecule is CCCn1nccc1C(=O)NC[C@H]1CCN(c2ccccc2F)C1. The summed E-state index contributed by atoms with van der Waals surface area (Å²) in [6.45, 7) is 4.96. The lowest BCUT2D eigenvalue weighted by Gasteiger charge is -2.19. The molecule has 0 saturated carbocycles. The largest absolute Gasteiger partial charge is 0.369 e. The Morgan fingerprint density at radius 1 is 1.38 bits per heavy atom. The summed E-state index contributed by atoms with van der Waals surface area (Å²) in [7, 11) is 0. The minimum atomic E-state index is -0.189. The first-order valence-corrected chi connectivity index (χ1v) is 8.48. The number of amides is 1. The second-order valence-corrected chi connectivity index (χ2v) is 6.20. The molecule has 0 spiro atoms. The summed E-state index contributed by atoms with van der Waals surface area (Å²) in [6, 6.07) is 8.58. The van der Waals surface area contributed by atoms with E-state index in [2.05, 4.69) is 17.3 Å². The van der Waals surface area contributed by atoms with Gasteiger partial charge in [-0.15, -0.1) is 0 Å². The Morgan fingerprint density at radius 2 is 2.21 bits per heavy atom. The van der Waals surface area contributed by atoms with E-state index < -0.39 is 0 Å².